The van der Waals surface area contributed by atoms with Crippen molar-refractivity contribution in [3.05, 3.63) is 66.1 Å². The van der Waals surface area contributed by atoms with Crippen LogP contribution >= 0.6 is 0 Å². The Kier molecular flexibility index (Phi) is 8.41. The zero-order valence-electron chi connectivity index (χ0n) is 9.56. The first kappa shape index (κ1) is 16.3. The number of aliphatic hydroxyl groups is 1. The third kappa shape index (κ3) is 6.76. The first-order valence-corrected chi connectivity index (χ1v) is 5.10. The molecule has 1 radical (unpaired) electrons. The van der Waals surface area contributed by atoms with Crippen molar-refractivity contribution in [2.24, 2.45) is 0 Å². The number of carboxylic acids is 1. The summed E-state index contributed by atoms with van der Waals surface area (Å²) in [5.74, 6) is -1.12. The largest absolute Gasteiger partial charge is 1.00 e. The van der Waals surface area contributed by atoms with E-state index in [1.807, 2.05) is 30.3 Å². The Morgan fingerprint density at radius 2 is 1.72 bits per heavy atom. The molecule has 3 N–H and O–H groups in total. The minimum Gasteiger partial charge on any atom is -0.494 e. The Bertz CT molecular complexity index is 402. The molecule has 0 bridgehead atoms. The number of carboxylic acid groups (broad SMARTS) is 1. The van der Waals surface area contributed by atoms with Gasteiger partial charge in [-0.05, 0) is 12.2 Å². The molecule has 0 unspecified atom stereocenters. The summed E-state index contributed by atoms with van der Waals surface area (Å²) in [6.07, 6.45) is 6.89. The fourth-order valence-corrected chi connectivity index (χ4v) is 1.11. The molecule has 0 heterocycles. The van der Waals surface area contributed by atoms with Crippen LogP contribution in [0.4, 0.5) is 0 Å². The summed E-state index contributed by atoms with van der Waals surface area (Å²) in [4.78, 5) is 10.1. The maximum atomic E-state index is 10.1. The molecule has 0 amide bonds. The summed E-state index contributed by atoms with van der Waals surface area (Å²) in [7, 11) is 0. The second-order valence-electron chi connectivity index (χ2n) is 3.23. The van der Waals surface area contributed by atoms with Gasteiger partial charge in [0.2, 0.25) is 0 Å². The summed E-state index contributed by atoms with van der Waals surface area (Å²) in [6, 6.07) is 10.0. The molecule has 2 rings (SSSR count). The summed E-state index contributed by atoms with van der Waals surface area (Å²) in [6.45, 7) is -0.281. The van der Waals surface area contributed by atoms with E-state index in [0.717, 1.165) is 0 Å². The molecule has 0 saturated heterocycles. The van der Waals surface area contributed by atoms with Crippen LogP contribution in [0.5, 0.6) is 0 Å². The smallest absolute Gasteiger partial charge is 0.494 e. The van der Waals surface area contributed by atoms with E-state index in [4.69, 9.17) is 5.11 Å². The van der Waals surface area contributed by atoms with Gasteiger partial charge in [-0.25, -0.2) is 12.1 Å². The number of hydrogen-bond donors (Lipinski definition) is 3. The molecule has 1 aliphatic carbocycles. The number of hydrogen-bond acceptors (Lipinski definition) is 3. The van der Waals surface area contributed by atoms with Crippen molar-refractivity contribution in [2.45, 2.75) is 0 Å². The van der Waals surface area contributed by atoms with Crippen molar-refractivity contribution in [3.63, 3.8) is 0 Å². The van der Waals surface area contributed by atoms with Gasteiger partial charge in [-0.15, -0.1) is 0 Å². The molecule has 4 nitrogen and oxygen atoms in total. The predicted octanol–water partition coefficient (Wildman–Crippen LogP) is 1.96. The van der Waals surface area contributed by atoms with E-state index in [9.17, 15) is 9.90 Å². The van der Waals surface area contributed by atoms with E-state index < -0.39 is 5.97 Å². The number of rotatable bonds is 3. The van der Waals surface area contributed by atoms with Gasteiger partial charge < -0.3 is 15.5 Å². The Balaban J connectivity index is 0.000000405. The van der Waals surface area contributed by atoms with Gasteiger partial charge in [0.05, 0.1) is 0 Å². The normalized spacial score (nSPS) is 11.2. The standard InChI is InChI=1S/C8H9NO3.C5H5.Ru/c10-7(11)5-9-8(12)6-3-1-2-4-6;1-2-4-5-3-1;/h1-4,9,12H,5H2,(H,10,11);1-5H;/q;-1;+1. The molecule has 18 heavy (non-hydrogen) atoms. The van der Waals surface area contributed by atoms with Gasteiger partial charge in [0.1, 0.15) is 6.54 Å². The van der Waals surface area contributed by atoms with E-state index in [1.54, 1.807) is 24.3 Å². The van der Waals surface area contributed by atoms with E-state index >= 15 is 0 Å². The molecule has 0 aromatic heterocycles. The Morgan fingerprint density at radius 3 is 2.11 bits per heavy atom. The van der Waals surface area contributed by atoms with Crippen molar-refractivity contribution in [2.75, 3.05) is 6.54 Å². The fraction of sp³-hybridized carbons (Fsp3) is 0.0769. The zero-order valence-corrected chi connectivity index (χ0v) is 11.3. The van der Waals surface area contributed by atoms with Gasteiger partial charge in [-0.1, -0.05) is 12.2 Å². The molecule has 0 aliphatic heterocycles. The number of aliphatic hydroxyl groups excluding tert-OH is 1. The summed E-state index contributed by atoms with van der Waals surface area (Å²) in [5, 5.41) is 19.8. The Hall–Kier alpha value is -1.74. The van der Waals surface area contributed by atoms with Crippen LogP contribution in [0.15, 0.2) is 66.1 Å². The molecule has 1 aliphatic rings. The van der Waals surface area contributed by atoms with Crippen LogP contribution in [0.1, 0.15) is 0 Å². The predicted molar refractivity (Wildman–Crippen MR) is 65.6 cm³/mol. The second-order valence-corrected chi connectivity index (χ2v) is 3.23. The minimum atomic E-state index is -1.01. The van der Waals surface area contributed by atoms with Gasteiger partial charge in [0, 0.05) is 5.57 Å². The molecule has 1 aromatic rings. The molecule has 0 spiro atoms. The SMILES string of the molecule is O=C(O)CNC(O)=C1C=CC=C1.[Ru+].c1cc[cH-]c1. The molecule has 97 valence electrons. The van der Waals surface area contributed by atoms with E-state index in [0.29, 0.717) is 5.57 Å². The average molecular weight is 333 g/mol. The monoisotopic (exact) mass is 334 g/mol. The Morgan fingerprint density at radius 1 is 1.17 bits per heavy atom. The van der Waals surface area contributed by atoms with Gasteiger partial charge in [0.15, 0.2) is 5.88 Å². The van der Waals surface area contributed by atoms with Crippen molar-refractivity contribution in [1.29, 1.82) is 0 Å². The fourth-order valence-electron chi connectivity index (χ4n) is 1.11. The second kappa shape index (κ2) is 9.31. The van der Waals surface area contributed by atoms with Crippen LogP contribution in [0.25, 0.3) is 0 Å². The van der Waals surface area contributed by atoms with Crippen molar-refractivity contribution in [3.8, 4) is 0 Å². The summed E-state index contributed by atoms with van der Waals surface area (Å²) < 4.78 is 0. The third-order valence-electron chi connectivity index (χ3n) is 1.90. The minimum absolute atomic E-state index is 0. The molecule has 5 heteroatoms. The molecule has 0 atom stereocenters. The third-order valence-corrected chi connectivity index (χ3v) is 1.90. The molecule has 0 fully saturated rings. The van der Waals surface area contributed by atoms with Crippen LogP contribution in [0.2, 0.25) is 0 Å². The van der Waals surface area contributed by atoms with Gasteiger partial charge in [0.25, 0.3) is 0 Å². The van der Waals surface area contributed by atoms with Crippen molar-refractivity contribution in [1.82, 2.24) is 5.32 Å². The van der Waals surface area contributed by atoms with Crippen molar-refractivity contribution < 1.29 is 34.5 Å². The molecule has 0 saturated carbocycles. The first-order valence-electron chi connectivity index (χ1n) is 5.10. The maximum absolute atomic E-state index is 10.1. The van der Waals surface area contributed by atoms with Crippen LogP contribution < -0.4 is 5.32 Å². The van der Waals surface area contributed by atoms with Crippen LogP contribution in [0.3, 0.4) is 0 Å². The van der Waals surface area contributed by atoms with Crippen LogP contribution in [0, 0.1) is 0 Å². The van der Waals surface area contributed by atoms with Gasteiger partial charge >= 0.3 is 25.4 Å². The molecule has 1 aromatic carbocycles. The van der Waals surface area contributed by atoms with Gasteiger partial charge in [-0.3, -0.25) is 4.79 Å². The van der Waals surface area contributed by atoms with Crippen LogP contribution in [-0.4, -0.2) is 22.7 Å². The number of allylic oxidation sites excluding steroid dienone is 5. The number of aliphatic carboxylic acids is 1. The maximum Gasteiger partial charge on any atom is 1.00 e. The van der Waals surface area contributed by atoms with Crippen LogP contribution in [-0.2, 0) is 24.3 Å². The molecular weight excluding hydrogens is 319 g/mol. The molecular formula is C13H14NO3Ru. The van der Waals surface area contributed by atoms with E-state index in [2.05, 4.69) is 5.32 Å². The van der Waals surface area contributed by atoms with Gasteiger partial charge in [-0.2, -0.15) is 18.2 Å². The van der Waals surface area contributed by atoms with E-state index in [-0.39, 0.29) is 31.9 Å². The summed E-state index contributed by atoms with van der Waals surface area (Å²) in [5.41, 5.74) is 0.594. The van der Waals surface area contributed by atoms with Crippen molar-refractivity contribution >= 4 is 5.97 Å². The Labute approximate surface area is 118 Å². The first-order chi connectivity index (χ1) is 8.20. The number of nitrogens with one attached hydrogen (secondary N) is 1. The average Bonchev–Trinajstić information content (AvgIpc) is 2.99. The quantitative estimate of drug-likeness (QED) is 0.449. The van der Waals surface area contributed by atoms with E-state index in [1.165, 1.54) is 0 Å². The number of carbonyl (C=O) groups is 1. The zero-order chi connectivity index (χ0) is 12.5. The summed E-state index contributed by atoms with van der Waals surface area (Å²) >= 11 is 0. The topological polar surface area (TPSA) is 69.6 Å².